The van der Waals surface area contributed by atoms with Crippen molar-refractivity contribution in [2.45, 2.75) is 25.1 Å². The first-order chi connectivity index (χ1) is 9.39. The Kier molecular flexibility index (Phi) is 4.13. The van der Waals surface area contributed by atoms with Crippen LogP contribution in [0.4, 0.5) is 13.2 Å². The average Bonchev–Trinajstić information content (AvgIpc) is 2.80. The van der Waals surface area contributed by atoms with Crippen LogP contribution < -0.4 is 5.73 Å². The van der Waals surface area contributed by atoms with Gasteiger partial charge in [-0.1, -0.05) is 18.2 Å². The summed E-state index contributed by atoms with van der Waals surface area (Å²) in [6.45, 7) is 0. The van der Waals surface area contributed by atoms with Crippen molar-refractivity contribution < 1.29 is 13.2 Å². The lowest BCUT2D eigenvalue weighted by Gasteiger charge is -2.18. The molecule has 0 aliphatic carbocycles. The first-order valence-electron chi connectivity index (χ1n) is 6.28. The standard InChI is InChI=1S/C14H16F3N3/c1-20-10(8-9-19-20)6-7-13(18)11-4-2-3-5-12(11)14(15,16)17/h2-5,8-9,13H,6-7,18H2,1H3. The second-order valence-corrected chi connectivity index (χ2v) is 4.68. The topological polar surface area (TPSA) is 43.8 Å². The minimum Gasteiger partial charge on any atom is -0.324 e. The second-order valence-electron chi connectivity index (χ2n) is 4.68. The highest BCUT2D eigenvalue weighted by atomic mass is 19.4. The van der Waals surface area contributed by atoms with Crippen LogP contribution in [0.25, 0.3) is 0 Å². The van der Waals surface area contributed by atoms with E-state index in [1.807, 2.05) is 6.07 Å². The number of nitrogens with zero attached hydrogens (tertiary/aromatic N) is 2. The summed E-state index contributed by atoms with van der Waals surface area (Å²) in [5, 5.41) is 4.02. The third kappa shape index (κ3) is 3.19. The van der Waals surface area contributed by atoms with E-state index in [0.29, 0.717) is 12.8 Å². The molecular formula is C14H16F3N3. The zero-order valence-electron chi connectivity index (χ0n) is 11.1. The van der Waals surface area contributed by atoms with E-state index in [1.54, 1.807) is 24.0 Å². The maximum absolute atomic E-state index is 12.9. The van der Waals surface area contributed by atoms with Gasteiger partial charge in [-0.2, -0.15) is 18.3 Å². The van der Waals surface area contributed by atoms with Gasteiger partial charge in [-0.15, -0.1) is 0 Å². The molecule has 6 heteroatoms. The molecule has 1 aromatic heterocycles. The Bertz CT molecular complexity index is 575. The van der Waals surface area contributed by atoms with Crippen LogP contribution in [0.3, 0.4) is 0 Å². The second kappa shape index (κ2) is 5.66. The minimum absolute atomic E-state index is 0.141. The molecule has 1 heterocycles. The molecule has 1 unspecified atom stereocenters. The molecule has 0 radical (unpaired) electrons. The summed E-state index contributed by atoms with van der Waals surface area (Å²) < 4.78 is 40.4. The van der Waals surface area contributed by atoms with Gasteiger partial charge in [0.25, 0.3) is 0 Å². The summed E-state index contributed by atoms with van der Waals surface area (Å²) in [6.07, 6.45) is -1.69. The van der Waals surface area contributed by atoms with Crippen LogP contribution in [-0.2, 0) is 19.6 Å². The number of aromatic nitrogens is 2. The van der Waals surface area contributed by atoms with Gasteiger partial charge < -0.3 is 5.73 Å². The molecule has 20 heavy (non-hydrogen) atoms. The van der Waals surface area contributed by atoms with E-state index in [4.69, 9.17) is 5.73 Å². The van der Waals surface area contributed by atoms with Gasteiger partial charge in [-0.05, 0) is 30.5 Å². The van der Waals surface area contributed by atoms with Crippen molar-refractivity contribution in [1.82, 2.24) is 9.78 Å². The van der Waals surface area contributed by atoms with Crippen LogP contribution in [0.1, 0.15) is 29.3 Å². The summed E-state index contributed by atoms with van der Waals surface area (Å²) in [5.41, 5.74) is 6.36. The van der Waals surface area contributed by atoms with E-state index in [0.717, 1.165) is 11.8 Å². The fraction of sp³-hybridized carbons (Fsp3) is 0.357. The van der Waals surface area contributed by atoms with Crippen molar-refractivity contribution in [1.29, 1.82) is 0 Å². The molecule has 0 fully saturated rings. The first kappa shape index (κ1) is 14.6. The lowest BCUT2D eigenvalue weighted by Crippen LogP contribution is -2.18. The number of aryl methyl sites for hydroxylation is 2. The number of nitrogens with two attached hydrogens (primary N) is 1. The maximum Gasteiger partial charge on any atom is 0.416 e. The molecule has 3 nitrogen and oxygen atoms in total. The molecule has 0 saturated carbocycles. The number of rotatable bonds is 4. The third-order valence-electron chi connectivity index (χ3n) is 3.30. The van der Waals surface area contributed by atoms with Crippen molar-refractivity contribution in [2.24, 2.45) is 12.8 Å². The largest absolute Gasteiger partial charge is 0.416 e. The number of benzene rings is 1. The summed E-state index contributed by atoms with van der Waals surface area (Å²) >= 11 is 0. The number of hydrogen-bond donors (Lipinski definition) is 1. The molecule has 1 aromatic carbocycles. The molecule has 0 amide bonds. The van der Waals surface area contributed by atoms with E-state index in [-0.39, 0.29) is 5.56 Å². The van der Waals surface area contributed by atoms with Crippen molar-refractivity contribution >= 4 is 0 Å². The van der Waals surface area contributed by atoms with Gasteiger partial charge in [0.2, 0.25) is 0 Å². The van der Waals surface area contributed by atoms with Crippen molar-refractivity contribution in [3.63, 3.8) is 0 Å². The van der Waals surface area contributed by atoms with Gasteiger partial charge in [-0.3, -0.25) is 4.68 Å². The van der Waals surface area contributed by atoms with E-state index in [2.05, 4.69) is 5.10 Å². The minimum atomic E-state index is -4.37. The molecule has 1 atom stereocenters. The van der Waals surface area contributed by atoms with Crippen molar-refractivity contribution in [3.8, 4) is 0 Å². The van der Waals surface area contributed by atoms with E-state index in [9.17, 15) is 13.2 Å². The Morgan fingerprint density at radius 2 is 1.95 bits per heavy atom. The van der Waals surface area contributed by atoms with Gasteiger partial charge in [0, 0.05) is 25.0 Å². The van der Waals surface area contributed by atoms with Gasteiger partial charge >= 0.3 is 6.18 Å². The molecule has 2 rings (SSSR count). The highest BCUT2D eigenvalue weighted by molar-refractivity contribution is 5.32. The summed E-state index contributed by atoms with van der Waals surface area (Å²) in [4.78, 5) is 0. The van der Waals surface area contributed by atoms with E-state index in [1.165, 1.54) is 12.1 Å². The van der Waals surface area contributed by atoms with Crippen LogP contribution in [-0.4, -0.2) is 9.78 Å². The Morgan fingerprint density at radius 1 is 1.25 bits per heavy atom. The molecule has 2 N–H and O–H groups in total. The van der Waals surface area contributed by atoms with Crippen molar-refractivity contribution in [2.75, 3.05) is 0 Å². The van der Waals surface area contributed by atoms with Gasteiger partial charge in [-0.25, -0.2) is 0 Å². The lowest BCUT2D eigenvalue weighted by molar-refractivity contribution is -0.138. The average molecular weight is 283 g/mol. The van der Waals surface area contributed by atoms with Crippen LogP contribution >= 0.6 is 0 Å². The van der Waals surface area contributed by atoms with Crippen LogP contribution in [0.15, 0.2) is 36.5 Å². The van der Waals surface area contributed by atoms with Gasteiger partial charge in [0.05, 0.1) is 5.56 Å². The van der Waals surface area contributed by atoms with Gasteiger partial charge in [0.15, 0.2) is 0 Å². The molecule has 108 valence electrons. The molecule has 0 saturated heterocycles. The summed E-state index contributed by atoms with van der Waals surface area (Å²) in [5.74, 6) is 0. The Morgan fingerprint density at radius 3 is 2.55 bits per heavy atom. The van der Waals surface area contributed by atoms with Crippen LogP contribution in [0.2, 0.25) is 0 Å². The number of halogens is 3. The highest BCUT2D eigenvalue weighted by Crippen LogP contribution is 2.34. The van der Waals surface area contributed by atoms with Gasteiger partial charge in [0.1, 0.15) is 0 Å². The lowest BCUT2D eigenvalue weighted by atomic mass is 9.96. The monoisotopic (exact) mass is 283 g/mol. The summed E-state index contributed by atoms with van der Waals surface area (Å²) in [7, 11) is 1.80. The van der Waals surface area contributed by atoms with E-state index < -0.39 is 17.8 Å². The SMILES string of the molecule is Cn1nccc1CCC(N)c1ccccc1C(F)(F)F. The van der Waals surface area contributed by atoms with E-state index >= 15 is 0 Å². The highest BCUT2D eigenvalue weighted by Gasteiger charge is 2.34. The number of alkyl halides is 3. The fourth-order valence-corrected chi connectivity index (χ4v) is 2.18. The third-order valence-corrected chi connectivity index (χ3v) is 3.30. The zero-order valence-corrected chi connectivity index (χ0v) is 11.1. The quantitative estimate of drug-likeness (QED) is 0.937. The van der Waals surface area contributed by atoms with Crippen LogP contribution in [0.5, 0.6) is 0 Å². The van der Waals surface area contributed by atoms with Crippen LogP contribution in [0, 0.1) is 0 Å². The molecular weight excluding hydrogens is 267 g/mol. The fourth-order valence-electron chi connectivity index (χ4n) is 2.18. The molecule has 0 spiro atoms. The Labute approximate surface area is 115 Å². The zero-order chi connectivity index (χ0) is 14.8. The maximum atomic E-state index is 12.9. The molecule has 0 aliphatic rings. The smallest absolute Gasteiger partial charge is 0.324 e. The Balaban J connectivity index is 2.14. The molecule has 2 aromatic rings. The number of hydrogen-bond acceptors (Lipinski definition) is 2. The first-order valence-corrected chi connectivity index (χ1v) is 6.28. The molecule has 0 aliphatic heterocycles. The molecule has 0 bridgehead atoms. The van der Waals surface area contributed by atoms with Crippen molar-refractivity contribution in [3.05, 3.63) is 53.3 Å². The predicted octanol–water partition coefficient (Wildman–Crippen LogP) is 3.07. The Hall–Kier alpha value is -1.82. The normalized spacial score (nSPS) is 13.4. The predicted molar refractivity (Wildman–Crippen MR) is 69.9 cm³/mol. The summed E-state index contributed by atoms with van der Waals surface area (Å²) in [6, 6.07) is 6.65.